The SMILES string of the molecule is COC(=O)[C@@H](Nc1ccc(C)cc1)SCc1ccccc1. The second-order valence-electron chi connectivity index (χ2n) is 4.71. The number of carbonyl (C=O) groups excluding carboxylic acids is 1. The van der Waals surface area contributed by atoms with Crippen molar-refractivity contribution in [2.24, 2.45) is 0 Å². The lowest BCUT2D eigenvalue weighted by Crippen LogP contribution is -2.27. The number of hydrogen-bond donors (Lipinski definition) is 1. The summed E-state index contributed by atoms with van der Waals surface area (Å²) in [6, 6.07) is 18.0. The van der Waals surface area contributed by atoms with Crippen molar-refractivity contribution in [3.05, 3.63) is 65.7 Å². The number of carbonyl (C=O) groups is 1. The number of aryl methyl sites for hydroxylation is 1. The molecule has 0 bridgehead atoms. The molecule has 1 atom stereocenters. The Morgan fingerprint density at radius 3 is 2.43 bits per heavy atom. The van der Waals surface area contributed by atoms with Gasteiger partial charge in [-0.2, -0.15) is 0 Å². The number of anilines is 1. The molecule has 0 aromatic heterocycles. The van der Waals surface area contributed by atoms with Crippen LogP contribution < -0.4 is 5.32 Å². The Labute approximate surface area is 129 Å². The normalized spacial score (nSPS) is 11.7. The van der Waals surface area contributed by atoms with Crippen molar-refractivity contribution in [1.29, 1.82) is 0 Å². The quantitative estimate of drug-likeness (QED) is 0.650. The molecule has 0 heterocycles. The highest BCUT2D eigenvalue weighted by atomic mass is 32.2. The Bertz CT molecular complexity index is 569. The van der Waals surface area contributed by atoms with E-state index in [-0.39, 0.29) is 5.97 Å². The third-order valence-electron chi connectivity index (χ3n) is 3.02. The molecule has 0 aliphatic carbocycles. The summed E-state index contributed by atoms with van der Waals surface area (Å²) in [5.41, 5.74) is 3.28. The Hall–Kier alpha value is -1.94. The van der Waals surface area contributed by atoms with E-state index in [1.165, 1.54) is 30.0 Å². The van der Waals surface area contributed by atoms with Crippen LogP contribution in [0.5, 0.6) is 0 Å². The molecule has 0 saturated carbocycles. The summed E-state index contributed by atoms with van der Waals surface area (Å²) in [5, 5.41) is 2.80. The number of rotatable bonds is 6. The molecule has 110 valence electrons. The molecule has 2 aromatic rings. The predicted molar refractivity (Wildman–Crippen MR) is 88.3 cm³/mol. The number of esters is 1. The minimum atomic E-state index is -0.419. The molecule has 0 spiro atoms. The van der Waals surface area contributed by atoms with Gasteiger partial charge >= 0.3 is 5.97 Å². The van der Waals surface area contributed by atoms with Crippen molar-refractivity contribution < 1.29 is 9.53 Å². The number of hydrogen-bond acceptors (Lipinski definition) is 4. The van der Waals surface area contributed by atoms with Gasteiger partial charge in [-0.05, 0) is 24.6 Å². The van der Waals surface area contributed by atoms with Crippen LogP contribution in [0.25, 0.3) is 0 Å². The van der Waals surface area contributed by atoms with Crippen molar-refractivity contribution in [3.63, 3.8) is 0 Å². The van der Waals surface area contributed by atoms with Crippen LogP contribution in [0.4, 0.5) is 5.69 Å². The van der Waals surface area contributed by atoms with E-state index in [0.29, 0.717) is 0 Å². The molecule has 0 saturated heterocycles. The van der Waals surface area contributed by atoms with Crippen LogP contribution >= 0.6 is 11.8 Å². The van der Waals surface area contributed by atoms with E-state index in [9.17, 15) is 4.79 Å². The average molecular weight is 301 g/mol. The molecule has 0 fully saturated rings. The molecule has 0 radical (unpaired) electrons. The van der Waals surface area contributed by atoms with E-state index < -0.39 is 5.37 Å². The first-order valence-corrected chi connectivity index (χ1v) is 7.80. The van der Waals surface area contributed by atoms with Gasteiger partial charge < -0.3 is 10.1 Å². The lowest BCUT2D eigenvalue weighted by atomic mass is 10.2. The zero-order valence-electron chi connectivity index (χ0n) is 12.2. The van der Waals surface area contributed by atoms with E-state index in [2.05, 4.69) is 5.32 Å². The number of nitrogens with one attached hydrogen (secondary N) is 1. The van der Waals surface area contributed by atoms with Gasteiger partial charge in [0.25, 0.3) is 0 Å². The third-order valence-corrected chi connectivity index (χ3v) is 4.17. The first kappa shape index (κ1) is 15.4. The van der Waals surface area contributed by atoms with Gasteiger partial charge in [-0.1, -0.05) is 48.0 Å². The Kier molecular flexibility index (Phi) is 5.69. The Balaban J connectivity index is 2.01. The van der Waals surface area contributed by atoms with Gasteiger partial charge in [0.1, 0.15) is 0 Å². The fourth-order valence-electron chi connectivity index (χ4n) is 1.83. The lowest BCUT2D eigenvalue weighted by Gasteiger charge is -2.17. The largest absolute Gasteiger partial charge is 0.467 e. The van der Waals surface area contributed by atoms with Crippen molar-refractivity contribution in [1.82, 2.24) is 0 Å². The van der Waals surface area contributed by atoms with Gasteiger partial charge in [0, 0.05) is 11.4 Å². The van der Waals surface area contributed by atoms with E-state index in [0.717, 1.165) is 11.4 Å². The molecule has 3 nitrogen and oxygen atoms in total. The van der Waals surface area contributed by atoms with Gasteiger partial charge in [0.15, 0.2) is 5.37 Å². The summed E-state index contributed by atoms with van der Waals surface area (Å²) < 4.78 is 4.87. The van der Waals surface area contributed by atoms with Crippen LogP contribution in [0.2, 0.25) is 0 Å². The van der Waals surface area contributed by atoms with E-state index in [4.69, 9.17) is 4.74 Å². The molecule has 0 amide bonds. The fourth-order valence-corrected chi connectivity index (χ4v) is 2.83. The van der Waals surface area contributed by atoms with Gasteiger partial charge in [-0.3, -0.25) is 0 Å². The number of methoxy groups -OCH3 is 1. The van der Waals surface area contributed by atoms with Crippen LogP contribution in [-0.4, -0.2) is 18.5 Å². The van der Waals surface area contributed by atoms with Gasteiger partial charge in [-0.25, -0.2) is 4.79 Å². The van der Waals surface area contributed by atoms with Crippen LogP contribution in [0.15, 0.2) is 54.6 Å². The smallest absolute Gasteiger partial charge is 0.338 e. The second-order valence-corrected chi connectivity index (χ2v) is 5.80. The van der Waals surface area contributed by atoms with Crippen molar-refractivity contribution >= 4 is 23.4 Å². The molecule has 2 aromatic carbocycles. The summed E-state index contributed by atoms with van der Waals surface area (Å²) in [5.74, 6) is 0.482. The molecule has 2 rings (SSSR count). The molecular formula is C17H19NO2S. The first-order valence-electron chi connectivity index (χ1n) is 6.75. The van der Waals surface area contributed by atoms with Crippen molar-refractivity contribution in [2.75, 3.05) is 12.4 Å². The van der Waals surface area contributed by atoms with Crippen molar-refractivity contribution in [3.8, 4) is 0 Å². The molecule has 1 N–H and O–H groups in total. The average Bonchev–Trinajstić information content (AvgIpc) is 2.53. The van der Waals surface area contributed by atoms with Crippen LogP contribution in [0.3, 0.4) is 0 Å². The maximum Gasteiger partial charge on any atom is 0.338 e. The highest BCUT2D eigenvalue weighted by Crippen LogP contribution is 2.21. The molecule has 0 unspecified atom stereocenters. The van der Waals surface area contributed by atoms with E-state index in [1.54, 1.807) is 0 Å². The Morgan fingerprint density at radius 2 is 1.81 bits per heavy atom. The molecule has 0 aliphatic heterocycles. The summed E-state index contributed by atoms with van der Waals surface area (Å²) in [7, 11) is 1.41. The highest BCUT2D eigenvalue weighted by Gasteiger charge is 2.19. The Morgan fingerprint density at radius 1 is 1.14 bits per heavy atom. The third kappa shape index (κ3) is 4.83. The molecule has 0 aliphatic rings. The summed E-state index contributed by atoms with van der Waals surface area (Å²) in [6.45, 7) is 2.03. The van der Waals surface area contributed by atoms with Gasteiger partial charge in [0.2, 0.25) is 0 Å². The van der Waals surface area contributed by atoms with Crippen LogP contribution in [0.1, 0.15) is 11.1 Å². The topological polar surface area (TPSA) is 38.3 Å². The molecular weight excluding hydrogens is 282 g/mol. The standard InChI is InChI=1S/C17H19NO2S/c1-13-8-10-15(11-9-13)18-16(17(19)20-2)21-12-14-6-4-3-5-7-14/h3-11,16,18H,12H2,1-2H3/t16-/m0/s1. The zero-order valence-corrected chi connectivity index (χ0v) is 13.0. The predicted octanol–water partition coefficient (Wildman–Crippen LogP) is 3.84. The van der Waals surface area contributed by atoms with Crippen molar-refractivity contribution in [2.45, 2.75) is 18.1 Å². The highest BCUT2D eigenvalue weighted by molar-refractivity contribution is 7.99. The monoisotopic (exact) mass is 301 g/mol. The number of ether oxygens (including phenoxy) is 1. The number of thioether (sulfide) groups is 1. The maximum atomic E-state index is 11.9. The molecule has 21 heavy (non-hydrogen) atoms. The minimum absolute atomic E-state index is 0.267. The second kappa shape index (κ2) is 7.74. The summed E-state index contributed by atoms with van der Waals surface area (Å²) >= 11 is 1.52. The van der Waals surface area contributed by atoms with Crippen LogP contribution in [-0.2, 0) is 15.3 Å². The van der Waals surface area contributed by atoms with Gasteiger partial charge in [0.05, 0.1) is 7.11 Å². The number of benzene rings is 2. The minimum Gasteiger partial charge on any atom is -0.467 e. The van der Waals surface area contributed by atoms with E-state index >= 15 is 0 Å². The zero-order chi connectivity index (χ0) is 15.1. The van der Waals surface area contributed by atoms with Gasteiger partial charge in [-0.15, -0.1) is 11.8 Å². The maximum absolute atomic E-state index is 11.9. The first-order chi connectivity index (χ1) is 10.2. The lowest BCUT2D eigenvalue weighted by molar-refractivity contribution is -0.139. The fraction of sp³-hybridized carbons (Fsp3) is 0.235. The van der Waals surface area contributed by atoms with Crippen LogP contribution in [0, 0.1) is 6.92 Å². The summed E-state index contributed by atoms with van der Waals surface area (Å²) in [4.78, 5) is 11.9. The molecule has 4 heteroatoms. The summed E-state index contributed by atoms with van der Waals surface area (Å²) in [6.07, 6.45) is 0. The van der Waals surface area contributed by atoms with E-state index in [1.807, 2.05) is 61.5 Å².